The summed E-state index contributed by atoms with van der Waals surface area (Å²) in [4.78, 5) is 0. The van der Waals surface area contributed by atoms with Crippen LogP contribution in [0.1, 0.15) is 29.7 Å². The lowest BCUT2D eigenvalue weighted by molar-refractivity contribution is 0.351. The molecule has 1 aromatic heterocycles. The Balaban J connectivity index is 1.90. The molecule has 21 heavy (non-hydrogen) atoms. The fraction of sp³-hybridized carbons (Fsp3) is 0.375. The normalized spacial score (nSPS) is 14.6. The molecule has 1 aliphatic heterocycles. The van der Waals surface area contributed by atoms with E-state index in [-0.39, 0.29) is 6.04 Å². The van der Waals surface area contributed by atoms with E-state index < -0.39 is 0 Å². The van der Waals surface area contributed by atoms with Crippen molar-refractivity contribution < 1.29 is 4.74 Å². The minimum atomic E-state index is 0.178. The molecular weight excluding hydrogens is 286 g/mol. The van der Waals surface area contributed by atoms with Gasteiger partial charge in [-0.2, -0.15) is 10.2 Å². The largest absolute Gasteiger partial charge is 0.493 e. The SMILES string of the molecule is CCNC(Cc1cc(Cl)cc2c1OCC2)c1ccnnc1. The van der Waals surface area contributed by atoms with Crippen molar-refractivity contribution in [3.63, 3.8) is 0 Å². The molecule has 0 bridgehead atoms. The molecule has 0 aliphatic carbocycles. The maximum absolute atomic E-state index is 6.24. The molecule has 1 unspecified atom stereocenters. The number of nitrogens with zero attached hydrogens (tertiary/aromatic N) is 2. The van der Waals surface area contributed by atoms with E-state index in [2.05, 4.69) is 22.4 Å². The van der Waals surface area contributed by atoms with Gasteiger partial charge in [0.2, 0.25) is 0 Å². The minimum absolute atomic E-state index is 0.178. The van der Waals surface area contributed by atoms with Crippen molar-refractivity contribution in [2.75, 3.05) is 13.2 Å². The number of likely N-dealkylation sites (N-methyl/N-ethyl adjacent to an activating group) is 1. The highest BCUT2D eigenvalue weighted by Crippen LogP contribution is 2.35. The zero-order valence-corrected chi connectivity index (χ0v) is 12.7. The number of fused-ring (bicyclic) bond motifs is 1. The van der Waals surface area contributed by atoms with Crippen molar-refractivity contribution in [3.8, 4) is 5.75 Å². The summed E-state index contributed by atoms with van der Waals surface area (Å²) in [5, 5.41) is 12.1. The number of nitrogens with one attached hydrogen (secondary N) is 1. The second-order valence-electron chi connectivity index (χ2n) is 5.14. The summed E-state index contributed by atoms with van der Waals surface area (Å²) in [7, 11) is 0. The van der Waals surface area contributed by atoms with Gasteiger partial charge in [-0.25, -0.2) is 0 Å². The van der Waals surface area contributed by atoms with Crippen LogP contribution in [0.15, 0.2) is 30.6 Å². The van der Waals surface area contributed by atoms with Crippen LogP contribution in [0.25, 0.3) is 0 Å². The second kappa shape index (κ2) is 6.41. The van der Waals surface area contributed by atoms with Crippen molar-refractivity contribution >= 4 is 11.6 Å². The lowest BCUT2D eigenvalue weighted by Crippen LogP contribution is -2.23. The molecular formula is C16H18ClN3O. The standard InChI is InChI=1S/C16H18ClN3O/c1-2-18-15(12-3-5-19-20-10-12)9-13-8-14(17)7-11-4-6-21-16(11)13/h3,5,7-8,10,15,18H,2,4,6,9H2,1H3. The van der Waals surface area contributed by atoms with Crippen molar-refractivity contribution in [2.24, 2.45) is 0 Å². The fourth-order valence-electron chi connectivity index (χ4n) is 2.78. The summed E-state index contributed by atoms with van der Waals surface area (Å²) in [5.41, 5.74) is 3.48. The van der Waals surface area contributed by atoms with Gasteiger partial charge < -0.3 is 10.1 Å². The third-order valence-corrected chi connectivity index (χ3v) is 3.93. The smallest absolute Gasteiger partial charge is 0.125 e. The summed E-state index contributed by atoms with van der Waals surface area (Å²) < 4.78 is 5.79. The number of benzene rings is 1. The van der Waals surface area contributed by atoms with E-state index in [0.717, 1.165) is 47.9 Å². The molecule has 1 aromatic carbocycles. The summed E-state index contributed by atoms with van der Waals surface area (Å²) in [6.07, 6.45) is 5.28. The first-order chi connectivity index (χ1) is 10.3. The maximum atomic E-state index is 6.24. The monoisotopic (exact) mass is 303 g/mol. The Morgan fingerprint density at radius 3 is 3.05 bits per heavy atom. The summed E-state index contributed by atoms with van der Waals surface area (Å²) in [6.45, 7) is 3.72. The van der Waals surface area contributed by atoms with Crippen LogP contribution in [-0.4, -0.2) is 23.3 Å². The second-order valence-corrected chi connectivity index (χ2v) is 5.58. The van der Waals surface area contributed by atoms with E-state index in [1.54, 1.807) is 12.4 Å². The van der Waals surface area contributed by atoms with E-state index in [4.69, 9.17) is 16.3 Å². The molecule has 110 valence electrons. The predicted octanol–water partition coefficient (Wildman–Crippen LogP) is 2.96. The highest BCUT2D eigenvalue weighted by Gasteiger charge is 2.21. The molecule has 1 atom stereocenters. The van der Waals surface area contributed by atoms with Gasteiger partial charge in [-0.3, -0.25) is 0 Å². The van der Waals surface area contributed by atoms with Gasteiger partial charge in [0.1, 0.15) is 5.75 Å². The van der Waals surface area contributed by atoms with Gasteiger partial charge in [0.25, 0.3) is 0 Å². The average Bonchev–Trinajstić information content (AvgIpc) is 2.96. The molecule has 2 heterocycles. The van der Waals surface area contributed by atoms with Gasteiger partial charge in [0.05, 0.1) is 12.8 Å². The van der Waals surface area contributed by atoms with Gasteiger partial charge in [0.15, 0.2) is 0 Å². The van der Waals surface area contributed by atoms with Gasteiger partial charge in [-0.05, 0) is 47.9 Å². The summed E-state index contributed by atoms with van der Waals surface area (Å²) >= 11 is 6.24. The Hall–Kier alpha value is -1.65. The Morgan fingerprint density at radius 1 is 1.38 bits per heavy atom. The number of hydrogen-bond acceptors (Lipinski definition) is 4. The van der Waals surface area contributed by atoms with Crippen molar-refractivity contribution in [1.82, 2.24) is 15.5 Å². The summed E-state index contributed by atoms with van der Waals surface area (Å²) in [6, 6.07) is 6.18. The minimum Gasteiger partial charge on any atom is -0.493 e. The number of aromatic nitrogens is 2. The molecule has 1 aliphatic rings. The Labute approximate surface area is 129 Å². The Bertz CT molecular complexity index is 618. The fourth-order valence-corrected chi connectivity index (χ4v) is 3.04. The number of ether oxygens (including phenoxy) is 1. The molecule has 0 saturated carbocycles. The molecule has 3 rings (SSSR count). The van der Waals surface area contributed by atoms with Gasteiger partial charge in [0, 0.05) is 23.7 Å². The zero-order chi connectivity index (χ0) is 14.7. The van der Waals surface area contributed by atoms with Crippen molar-refractivity contribution in [3.05, 3.63) is 52.3 Å². The van der Waals surface area contributed by atoms with Gasteiger partial charge >= 0.3 is 0 Å². The van der Waals surface area contributed by atoms with Gasteiger partial charge in [-0.1, -0.05) is 18.5 Å². The molecule has 0 fully saturated rings. The third-order valence-electron chi connectivity index (χ3n) is 3.71. The van der Waals surface area contributed by atoms with E-state index in [0.29, 0.717) is 0 Å². The van der Waals surface area contributed by atoms with E-state index in [1.807, 2.05) is 18.2 Å². The quantitative estimate of drug-likeness (QED) is 0.922. The molecule has 0 amide bonds. The predicted molar refractivity (Wildman–Crippen MR) is 82.8 cm³/mol. The molecule has 0 radical (unpaired) electrons. The first-order valence-electron chi connectivity index (χ1n) is 7.22. The van der Waals surface area contributed by atoms with E-state index in [1.165, 1.54) is 5.56 Å². The first kappa shape index (κ1) is 14.3. The van der Waals surface area contributed by atoms with Gasteiger partial charge in [-0.15, -0.1) is 0 Å². The molecule has 1 N–H and O–H groups in total. The van der Waals surface area contributed by atoms with Crippen LogP contribution < -0.4 is 10.1 Å². The van der Waals surface area contributed by atoms with Crippen molar-refractivity contribution in [2.45, 2.75) is 25.8 Å². The van der Waals surface area contributed by atoms with Crippen LogP contribution in [-0.2, 0) is 12.8 Å². The van der Waals surface area contributed by atoms with E-state index >= 15 is 0 Å². The number of hydrogen-bond donors (Lipinski definition) is 1. The Morgan fingerprint density at radius 2 is 2.29 bits per heavy atom. The first-order valence-corrected chi connectivity index (χ1v) is 7.59. The van der Waals surface area contributed by atoms with Crippen molar-refractivity contribution in [1.29, 1.82) is 0 Å². The number of halogens is 1. The lowest BCUT2D eigenvalue weighted by Gasteiger charge is -2.19. The lowest BCUT2D eigenvalue weighted by atomic mass is 9.98. The molecule has 5 heteroatoms. The average molecular weight is 304 g/mol. The zero-order valence-electron chi connectivity index (χ0n) is 12.0. The maximum Gasteiger partial charge on any atom is 0.125 e. The van der Waals surface area contributed by atoms with Crippen LogP contribution in [0.3, 0.4) is 0 Å². The van der Waals surface area contributed by atoms with E-state index in [9.17, 15) is 0 Å². The molecule has 4 nitrogen and oxygen atoms in total. The van der Waals surface area contributed by atoms with Crippen LogP contribution in [0.2, 0.25) is 5.02 Å². The van der Waals surface area contributed by atoms with Crippen LogP contribution in [0.4, 0.5) is 0 Å². The molecule has 0 spiro atoms. The van der Waals surface area contributed by atoms with Crippen LogP contribution in [0.5, 0.6) is 5.75 Å². The highest BCUT2D eigenvalue weighted by atomic mass is 35.5. The molecule has 2 aromatic rings. The highest BCUT2D eigenvalue weighted by molar-refractivity contribution is 6.30. The van der Waals surface area contributed by atoms with Crippen LogP contribution in [0, 0.1) is 0 Å². The van der Waals surface area contributed by atoms with Crippen LogP contribution >= 0.6 is 11.6 Å². The summed E-state index contributed by atoms with van der Waals surface area (Å²) in [5.74, 6) is 1.00. The number of rotatable bonds is 5. The topological polar surface area (TPSA) is 47.0 Å². The Kier molecular flexibility index (Phi) is 4.36. The third kappa shape index (κ3) is 3.17. The molecule has 0 saturated heterocycles.